The Bertz CT molecular complexity index is 734. The van der Waals surface area contributed by atoms with Crippen LogP contribution >= 0.6 is 11.6 Å². The number of likely N-dealkylation sites (N-methyl/N-ethyl adjacent to an activating group) is 1. The summed E-state index contributed by atoms with van der Waals surface area (Å²) in [6, 6.07) is 15.6. The lowest BCUT2D eigenvalue weighted by atomic mass is 9.95. The Morgan fingerprint density at radius 3 is 2.76 bits per heavy atom. The van der Waals surface area contributed by atoms with Crippen LogP contribution in [-0.4, -0.2) is 38.1 Å². The minimum atomic E-state index is -0.209. The Morgan fingerprint density at radius 1 is 1.28 bits per heavy atom. The molecule has 0 saturated carbocycles. The number of carbonyl (C=O) groups is 1. The molecular formula is C20H23ClN2O2. The van der Waals surface area contributed by atoms with E-state index in [1.165, 1.54) is 0 Å². The quantitative estimate of drug-likeness (QED) is 0.891. The van der Waals surface area contributed by atoms with Gasteiger partial charge in [0.15, 0.2) is 0 Å². The number of hydrogen-bond acceptors (Lipinski definition) is 3. The largest absolute Gasteiger partial charge is 0.492 e. The van der Waals surface area contributed by atoms with E-state index in [0.717, 1.165) is 23.4 Å². The number of halogens is 1. The van der Waals surface area contributed by atoms with Gasteiger partial charge in [-0.05, 0) is 49.8 Å². The van der Waals surface area contributed by atoms with Gasteiger partial charge in [-0.15, -0.1) is 0 Å². The van der Waals surface area contributed by atoms with E-state index in [4.69, 9.17) is 16.3 Å². The molecule has 0 radical (unpaired) electrons. The zero-order valence-electron chi connectivity index (χ0n) is 14.5. The van der Waals surface area contributed by atoms with E-state index < -0.39 is 0 Å². The van der Waals surface area contributed by atoms with E-state index in [1.807, 2.05) is 62.6 Å². The number of benzene rings is 2. The average molecular weight is 359 g/mol. The molecular weight excluding hydrogens is 336 g/mol. The summed E-state index contributed by atoms with van der Waals surface area (Å²) in [5.74, 6) is 0.627. The fourth-order valence-electron chi connectivity index (χ4n) is 3.11. The first kappa shape index (κ1) is 17.8. The third-order valence-electron chi connectivity index (χ3n) is 4.37. The minimum absolute atomic E-state index is 0.0151. The predicted molar refractivity (Wildman–Crippen MR) is 100 cm³/mol. The standard InChI is InChI=1S/C20H23ClN2O2/c1-23(2)12-18(14-6-4-3-5-7-14)22-20(24)16-10-15-11-17(21)8-9-19(15)25-13-16/h3-9,11,16,18H,10,12-13H2,1-2H3,(H,22,24)/t16-,18-/m1/s1. The number of hydrogen-bond donors (Lipinski definition) is 1. The Morgan fingerprint density at radius 2 is 2.04 bits per heavy atom. The third-order valence-corrected chi connectivity index (χ3v) is 4.60. The van der Waals surface area contributed by atoms with Gasteiger partial charge in [0.25, 0.3) is 0 Å². The SMILES string of the molecule is CN(C)C[C@@H](NC(=O)[C@H]1COc2ccc(Cl)cc2C1)c1ccccc1. The van der Waals surface area contributed by atoms with Crippen LogP contribution in [0, 0.1) is 5.92 Å². The van der Waals surface area contributed by atoms with Gasteiger partial charge in [-0.25, -0.2) is 0 Å². The summed E-state index contributed by atoms with van der Waals surface area (Å²) in [7, 11) is 4.01. The van der Waals surface area contributed by atoms with E-state index in [2.05, 4.69) is 10.2 Å². The molecule has 2 aromatic carbocycles. The van der Waals surface area contributed by atoms with E-state index >= 15 is 0 Å². The first-order chi connectivity index (χ1) is 12.0. The van der Waals surface area contributed by atoms with Crippen molar-refractivity contribution in [2.75, 3.05) is 27.2 Å². The van der Waals surface area contributed by atoms with Crippen LogP contribution in [0.25, 0.3) is 0 Å². The number of fused-ring (bicyclic) bond motifs is 1. The van der Waals surface area contributed by atoms with Gasteiger partial charge in [0.05, 0.1) is 12.0 Å². The lowest BCUT2D eigenvalue weighted by Gasteiger charge is -2.28. The van der Waals surface area contributed by atoms with Crippen molar-refractivity contribution in [2.45, 2.75) is 12.5 Å². The molecule has 3 rings (SSSR count). The van der Waals surface area contributed by atoms with Gasteiger partial charge in [0, 0.05) is 11.6 Å². The fourth-order valence-corrected chi connectivity index (χ4v) is 3.30. The molecule has 132 valence electrons. The first-order valence-electron chi connectivity index (χ1n) is 8.44. The van der Waals surface area contributed by atoms with Crippen molar-refractivity contribution >= 4 is 17.5 Å². The van der Waals surface area contributed by atoms with Crippen LogP contribution < -0.4 is 10.1 Å². The fraction of sp³-hybridized carbons (Fsp3) is 0.350. The molecule has 1 amide bonds. The molecule has 0 bridgehead atoms. The molecule has 5 heteroatoms. The van der Waals surface area contributed by atoms with Crippen molar-refractivity contribution in [3.63, 3.8) is 0 Å². The Hall–Kier alpha value is -2.04. The van der Waals surface area contributed by atoms with Gasteiger partial charge in [-0.1, -0.05) is 41.9 Å². The van der Waals surface area contributed by atoms with E-state index in [9.17, 15) is 4.79 Å². The number of ether oxygens (including phenoxy) is 1. The molecule has 1 aliphatic rings. The van der Waals surface area contributed by atoms with Crippen molar-refractivity contribution < 1.29 is 9.53 Å². The second kappa shape index (κ2) is 7.89. The van der Waals surface area contributed by atoms with Crippen molar-refractivity contribution in [1.29, 1.82) is 0 Å². The Balaban J connectivity index is 1.71. The monoisotopic (exact) mass is 358 g/mol. The maximum atomic E-state index is 12.8. The topological polar surface area (TPSA) is 41.6 Å². The van der Waals surface area contributed by atoms with Crippen LogP contribution in [0.2, 0.25) is 5.02 Å². The molecule has 0 fully saturated rings. The van der Waals surface area contributed by atoms with Gasteiger partial charge < -0.3 is 15.0 Å². The molecule has 1 aliphatic heterocycles. The second-order valence-corrected chi connectivity index (χ2v) is 7.13. The number of carbonyl (C=O) groups excluding carboxylic acids is 1. The summed E-state index contributed by atoms with van der Waals surface area (Å²) in [4.78, 5) is 14.9. The van der Waals surface area contributed by atoms with Gasteiger partial charge in [0.2, 0.25) is 5.91 Å². The molecule has 25 heavy (non-hydrogen) atoms. The van der Waals surface area contributed by atoms with Crippen molar-refractivity contribution in [3.05, 3.63) is 64.7 Å². The molecule has 0 unspecified atom stereocenters. The van der Waals surface area contributed by atoms with Gasteiger partial charge in [-0.3, -0.25) is 4.79 Å². The molecule has 0 aliphatic carbocycles. The predicted octanol–water partition coefficient (Wildman–Crippen LogP) is 3.31. The summed E-state index contributed by atoms with van der Waals surface area (Å²) in [6.45, 7) is 1.13. The highest BCUT2D eigenvalue weighted by atomic mass is 35.5. The van der Waals surface area contributed by atoms with Gasteiger partial charge >= 0.3 is 0 Å². The van der Waals surface area contributed by atoms with Gasteiger partial charge in [-0.2, -0.15) is 0 Å². The molecule has 2 atom stereocenters. The molecule has 2 aromatic rings. The molecule has 0 aromatic heterocycles. The lowest BCUT2D eigenvalue weighted by molar-refractivity contribution is -0.127. The van der Waals surface area contributed by atoms with Crippen molar-refractivity contribution in [3.8, 4) is 5.75 Å². The molecule has 0 spiro atoms. The summed E-state index contributed by atoms with van der Waals surface area (Å²) >= 11 is 6.06. The normalized spacial score (nSPS) is 17.5. The van der Waals surface area contributed by atoms with E-state index in [-0.39, 0.29) is 17.9 Å². The smallest absolute Gasteiger partial charge is 0.227 e. The third kappa shape index (κ3) is 4.53. The Kier molecular flexibility index (Phi) is 5.61. The zero-order valence-corrected chi connectivity index (χ0v) is 15.3. The maximum Gasteiger partial charge on any atom is 0.227 e. The van der Waals surface area contributed by atoms with Gasteiger partial charge in [0.1, 0.15) is 12.4 Å². The molecule has 0 saturated heterocycles. The maximum absolute atomic E-state index is 12.8. The van der Waals surface area contributed by atoms with Crippen LogP contribution in [-0.2, 0) is 11.2 Å². The molecule has 1 heterocycles. The Labute approximate surface area is 153 Å². The summed E-state index contributed by atoms with van der Waals surface area (Å²) < 4.78 is 5.75. The van der Waals surface area contributed by atoms with Crippen LogP contribution in [0.4, 0.5) is 0 Å². The lowest BCUT2D eigenvalue weighted by Crippen LogP contribution is -2.42. The molecule has 1 N–H and O–H groups in total. The minimum Gasteiger partial charge on any atom is -0.492 e. The number of amides is 1. The summed E-state index contributed by atoms with van der Waals surface area (Å²) in [5.41, 5.74) is 2.09. The van der Waals surface area contributed by atoms with Crippen LogP contribution in [0.15, 0.2) is 48.5 Å². The first-order valence-corrected chi connectivity index (χ1v) is 8.82. The number of nitrogens with one attached hydrogen (secondary N) is 1. The second-order valence-electron chi connectivity index (χ2n) is 6.70. The van der Waals surface area contributed by atoms with E-state index in [1.54, 1.807) is 0 Å². The highest BCUT2D eigenvalue weighted by Crippen LogP contribution is 2.30. The highest BCUT2D eigenvalue weighted by molar-refractivity contribution is 6.30. The highest BCUT2D eigenvalue weighted by Gasteiger charge is 2.28. The summed E-state index contributed by atoms with van der Waals surface area (Å²) in [6.07, 6.45) is 0.644. The van der Waals surface area contributed by atoms with E-state index in [0.29, 0.717) is 18.1 Å². The number of nitrogens with zero attached hydrogens (tertiary/aromatic N) is 1. The number of rotatable bonds is 5. The summed E-state index contributed by atoms with van der Waals surface area (Å²) in [5, 5.41) is 3.85. The van der Waals surface area contributed by atoms with Crippen molar-refractivity contribution in [2.24, 2.45) is 5.92 Å². The average Bonchev–Trinajstić information content (AvgIpc) is 2.60. The van der Waals surface area contributed by atoms with Crippen molar-refractivity contribution in [1.82, 2.24) is 10.2 Å². The van der Waals surface area contributed by atoms with Crippen LogP contribution in [0.1, 0.15) is 17.2 Å². The molecule has 4 nitrogen and oxygen atoms in total. The zero-order chi connectivity index (χ0) is 17.8. The van der Waals surface area contributed by atoms with Crippen LogP contribution in [0.3, 0.4) is 0 Å². The van der Waals surface area contributed by atoms with Crippen LogP contribution in [0.5, 0.6) is 5.75 Å².